The third-order valence-corrected chi connectivity index (χ3v) is 8.10. The molecule has 0 bridgehead atoms. The molecule has 35 heavy (non-hydrogen) atoms. The molecule has 0 radical (unpaired) electrons. The molecule has 0 N–H and O–H groups in total. The summed E-state index contributed by atoms with van der Waals surface area (Å²) in [5.74, 6) is 2.35. The maximum Gasteiger partial charge on any atom is 0.231 e. The zero-order valence-electron chi connectivity index (χ0n) is 19.1. The normalized spacial score (nSPS) is 15.5. The molecule has 2 aromatic carbocycles. The number of rotatable bonds is 7. The first kappa shape index (κ1) is 22.6. The monoisotopic (exact) mass is 549 g/mol. The number of aryl methyl sites for hydroxylation is 1. The van der Waals surface area contributed by atoms with E-state index >= 15 is 0 Å². The molecule has 4 heterocycles. The summed E-state index contributed by atoms with van der Waals surface area (Å²) >= 11 is 5.12. The minimum Gasteiger partial charge on any atom is -0.454 e. The van der Waals surface area contributed by atoms with Crippen LogP contribution < -0.4 is 9.47 Å². The van der Waals surface area contributed by atoms with Gasteiger partial charge in [0.05, 0.1) is 12.5 Å². The smallest absolute Gasteiger partial charge is 0.231 e. The molecule has 2 aromatic rings. The Morgan fingerprint density at radius 2 is 1.91 bits per heavy atom. The van der Waals surface area contributed by atoms with Crippen LogP contribution in [-0.4, -0.2) is 44.3 Å². The fourth-order valence-electron chi connectivity index (χ4n) is 4.38. The maximum atomic E-state index is 5.52. The number of hydrogen-bond acceptors (Lipinski definition) is 7. The van der Waals surface area contributed by atoms with Crippen LogP contribution >= 0.6 is 27.7 Å². The summed E-state index contributed by atoms with van der Waals surface area (Å²) in [6, 6.07) is 14.6. The molecule has 4 aliphatic rings. The van der Waals surface area contributed by atoms with Crippen LogP contribution in [0.25, 0.3) is 11.5 Å². The van der Waals surface area contributed by atoms with Crippen LogP contribution in [0.3, 0.4) is 0 Å². The van der Waals surface area contributed by atoms with Gasteiger partial charge in [0.2, 0.25) is 6.79 Å². The first-order valence-corrected chi connectivity index (χ1v) is 13.2. The van der Waals surface area contributed by atoms with E-state index in [-0.39, 0.29) is 6.79 Å². The average molecular weight is 550 g/mol. The van der Waals surface area contributed by atoms with Crippen LogP contribution in [0.4, 0.5) is 0 Å². The summed E-state index contributed by atoms with van der Waals surface area (Å²) in [7, 11) is 0. The van der Waals surface area contributed by atoms with E-state index in [4.69, 9.17) is 19.4 Å². The summed E-state index contributed by atoms with van der Waals surface area (Å²) in [6.45, 7) is 4.19. The van der Waals surface area contributed by atoms with Gasteiger partial charge in [-0.25, -0.2) is 15.0 Å². The van der Waals surface area contributed by atoms with Crippen molar-refractivity contribution in [2.75, 3.05) is 19.9 Å². The van der Waals surface area contributed by atoms with Gasteiger partial charge in [0.1, 0.15) is 5.69 Å². The Morgan fingerprint density at radius 1 is 1.06 bits per heavy atom. The minimum absolute atomic E-state index is 0.250. The SMILES string of the molecule is Brc1cc2c(cc1Sc1nc3cncn(CCC4=CCN(Cc5ccccc5)CC4)c-3n1)OCO2. The number of fused-ring (bicyclic) bond motifs is 2. The van der Waals surface area contributed by atoms with Crippen LogP contribution in [-0.2, 0) is 13.1 Å². The van der Waals surface area contributed by atoms with Crippen molar-refractivity contribution >= 4 is 27.7 Å². The molecule has 6 rings (SSSR count). The Hall–Kier alpha value is -2.88. The topological polar surface area (TPSA) is 65.3 Å². The largest absolute Gasteiger partial charge is 0.454 e. The number of benzene rings is 2. The summed E-state index contributed by atoms with van der Waals surface area (Å²) in [6.07, 6.45) is 8.11. The number of aromatic nitrogens is 4. The number of hydrogen-bond donors (Lipinski definition) is 0. The van der Waals surface area contributed by atoms with Gasteiger partial charge in [0.15, 0.2) is 22.5 Å². The van der Waals surface area contributed by atoms with Gasteiger partial charge in [-0.2, -0.15) is 0 Å². The van der Waals surface area contributed by atoms with Crippen molar-refractivity contribution < 1.29 is 9.47 Å². The third kappa shape index (κ3) is 5.07. The van der Waals surface area contributed by atoms with Gasteiger partial charge in [0, 0.05) is 35.5 Å². The molecule has 178 valence electrons. The molecule has 0 amide bonds. The molecular formula is C26H24BrN5O2S. The fraction of sp³-hybridized carbons (Fsp3) is 0.269. The van der Waals surface area contributed by atoms with Crippen LogP contribution in [0, 0.1) is 0 Å². The first-order chi connectivity index (χ1) is 17.2. The molecule has 9 heteroatoms. The average Bonchev–Trinajstić information content (AvgIpc) is 3.51. The third-order valence-electron chi connectivity index (χ3n) is 6.26. The van der Waals surface area contributed by atoms with E-state index in [9.17, 15) is 0 Å². The summed E-state index contributed by atoms with van der Waals surface area (Å²) in [5.41, 5.74) is 3.67. The van der Waals surface area contributed by atoms with Crippen LogP contribution in [0.15, 0.2) is 81.2 Å². The number of halogens is 1. The highest BCUT2D eigenvalue weighted by Gasteiger charge is 2.20. The molecule has 0 aromatic heterocycles. The second kappa shape index (κ2) is 10.0. The van der Waals surface area contributed by atoms with Crippen molar-refractivity contribution in [2.45, 2.75) is 36.0 Å². The lowest BCUT2D eigenvalue weighted by atomic mass is 10.0. The second-order valence-corrected chi connectivity index (χ2v) is 10.5. The van der Waals surface area contributed by atoms with Gasteiger partial charge < -0.3 is 14.0 Å². The van der Waals surface area contributed by atoms with E-state index in [1.807, 2.05) is 18.5 Å². The molecule has 0 saturated carbocycles. The van der Waals surface area contributed by atoms with Crippen LogP contribution in [0.5, 0.6) is 11.5 Å². The van der Waals surface area contributed by atoms with Gasteiger partial charge >= 0.3 is 0 Å². The number of nitrogens with zero attached hydrogens (tertiary/aromatic N) is 5. The van der Waals surface area contributed by atoms with Crippen molar-refractivity contribution in [3.8, 4) is 23.0 Å². The van der Waals surface area contributed by atoms with Crippen LogP contribution in [0.2, 0.25) is 0 Å². The fourth-order valence-corrected chi connectivity index (χ4v) is 5.74. The predicted octanol–water partition coefficient (Wildman–Crippen LogP) is 5.64. The predicted molar refractivity (Wildman–Crippen MR) is 138 cm³/mol. The van der Waals surface area contributed by atoms with Crippen molar-refractivity contribution in [2.24, 2.45) is 0 Å². The molecule has 0 aliphatic carbocycles. The molecule has 0 unspecified atom stereocenters. The highest BCUT2D eigenvalue weighted by molar-refractivity contribution is 9.10. The Labute approximate surface area is 216 Å². The lowest BCUT2D eigenvalue weighted by Gasteiger charge is -2.26. The van der Waals surface area contributed by atoms with Gasteiger partial charge in [-0.15, -0.1) is 0 Å². The van der Waals surface area contributed by atoms with E-state index in [1.165, 1.54) is 22.9 Å². The van der Waals surface area contributed by atoms with Crippen LogP contribution in [0.1, 0.15) is 18.4 Å². The van der Waals surface area contributed by atoms with Gasteiger partial charge in [-0.3, -0.25) is 4.90 Å². The zero-order chi connectivity index (χ0) is 23.6. The van der Waals surface area contributed by atoms with Gasteiger partial charge in [-0.1, -0.05) is 42.0 Å². The molecule has 0 spiro atoms. The Bertz CT molecular complexity index is 1340. The highest BCUT2D eigenvalue weighted by atomic mass is 79.9. The highest BCUT2D eigenvalue weighted by Crippen LogP contribution is 2.42. The van der Waals surface area contributed by atoms with Crippen molar-refractivity contribution in [3.05, 3.63) is 76.7 Å². The van der Waals surface area contributed by atoms with E-state index < -0.39 is 0 Å². The van der Waals surface area contributed by atoms with Crippen molar-refractivity contribution in [1.29, 1.82) is 0 Å². The minimum atomic E-state index is 0.250. The Morgan fingerprint density at radius 3 is 2.74 bits per heavy atom. The Kier molecular flexibility index (Phi) is 6.45. The van der Waals surface area contributed by atoms with E-state index in [1.54, 1.807) is 6.20 Å². The zero-order valence-corrected chi connectivity index (χ0v) is 21.5. The van der Waals surface area contributed by atoms with E-state index in [0.717, 1.165) is 71.4 Å². The molecule has 7 nitrogen and oxygen atoms in total. The maximum absolute atomic E-state index is 5.52. The van der Waals surface area contributed by atoms with Crippen molar-refractivity contribution in [1.82, 2.24) is 24.4 Å². The summed E-state index contributed by atoms with van der Waals surface area (Å²) in [4.78, 5) is 17.4. The van der Waals surface area contributed by atoms with Gasteiger partial charge in [0.25, 0.3) is 0 Å². The standard InChI is InChI=1S/C26H24BrN5O2S/c27-20-12-22-23(34-17-33-22)13-24(20)35-26-29-21-14-28-16-32(25(21)30-26)11-8-18-6-9-31(10-7-18)15-19-4-2-1-3-5-19/h1-6,12-14,16H,7-11,15,17H2. The quantitative estimate of drug-likeness (QED) is 0.276. The lowest BCUT2D eigenvalue weighted by molar-refractivity contribution is 0.174. The van der Waals surface area contributed by atoms with Crippen molar-refractivity contribution in [3.63, 3.8) is 0 Å². The number of ether oxygens (including phenoxy) is 2. The van der Waals surface area contributed by atoms with E-state index in [0.29, 0.717) is 5.16 Å². The second-order valence-electron chi connectivity index (χ2n) is 8.62. The number of imidazole rings is 1. The first-order valence-electron chi connectivity index (χ1n) is 11.6. The molecular weight excluding hydrogens is 526 g/mol. The Balaban J connectivity index is 1.11. The molecule has 0 atom stereocenters. The molecule has 0 fully saturated rings. The van der Waals surface area contributed by atoms with Gasteiger partial charge in [-0.05, 0) is 58.2 Å². The summed E-state index contributed by atoms with van der Waals surface area (Å²) in [5, 5.41) is 0.690. The summed E-state index contributed by atoms with van der Waals surface area (Å²) < 4.78 is 14.0. The lowest BCUT2D eigenvalue weighted by Crippen LogP contribution is -2.28. The molecule has 0 saturated heterocycles. The molecule has 4 aliphatic heterocycles. The van der Waals surface area contributed by atoms with E-state index in [2.05, 4.69) is 66.8 Å².